The van der Waals surface area contributed by atoms with Crippen molar-refractivity contribution in [2.75, 3.05) is 5.32 Å². The third kappa shape index (κ3) is 5.18. The summed E-state index contributed by atoms with van der Waals surface area (Å²) in [6.07, 6.45) is 3.23. The van der Waals surface area contributed by atoms with Gasteiger partial charge in [0.25, 0.3) is 0 Å². The number of rotatable bonds is 4. The lowest BCUT2D eigenvalue weighted by Crippen LogP contribution is -2.22. The molecule has 1 fully saturated rings. The van der Waals surface area contributed by atoms with Gasteiger partial charge in [0, 0.05) is 12.1 Å². The first-order valence-electron chi connectivity index (χ1n) is 8.43. The number of anilines is 1. The Balaban J connectivity index is 0.00000106. The van der Waals surface area contributed by atoms with Crippen LogP contribution >= 0.6 is 0 Å². The molecule has 21 heavy (non-hydrogen) atoms. The van der Waals surface area contributed by atoms with Gasteiger partial charge in [-0.05, 0) is 42.2 Å². The molecule has 1 aromatic carbocycles. The largest absolute Gasteiger partial charge is 0.326 e. The van der Waals surface area contributed by atoms with Crippen molar-refractivity contribution >= 4 is 11.6 Å². The molecule has 0 radical (unpaired) electrons. The van der Waals surface area contributed by atoms with Crippen molar-refractivity contribution in [1.29, 1.82) is 0 Å². The van der Waals surface area contributed by atoms with E-state index in [4.69, 9.17) is 0 Å². The van der Waals surface area contributed by atoms with Crippen LogP contribution < -0.4 is 5.32 Å². The Hall–Kier alpha value is -1.31. The molecule has 1 aliphatic rings. The van der Waals surface area contributed by atoms with Crippen molar-refractivity contribution in [2.24, 2.45) is 23.7 Å². The SMILES string of the molecule is CC.C[C@H]1[C@@H]([C@@H](C)CC(=O)Nc2ccccc2)CC[C@H]1C. The van der Waals surface area contributed by atoms with E-state index in [0.717, 1.165) is 17.5 Å². The minimum atomic E-state index is 0.144. The second-order valence-electron chi connectivity index (χ2n) is 6.17. The quantitative estimate of drug-likeness (QED) is 0.794. The molecule has 4 atom stereocenters. The van der Waals surface area contributed by atoms with Gasteiger partial charge >= 0.3 is 0 Å². The van der Waals surface area contributed by atoms with Gasteiger partial charge in [-0.25, -0.2) is 0 Å². The van der Waals surface area contributed by atoms with E-state index < -0.39 is 0 Å². The summed E-state index contributed by atoms with van der Waals surface area (Å²) < 4.78 is 0. The first kappa shape index (κ1) is 17.7. The van der Waals surface area contributed by atoms with Crippen LogP contribution in [0.1, 0.15) is 53.9 Å². The fourth-order valence-corrected chi connectivity index (χ4v) is 3.38. The normalized spacial score (nSPS) is 25.7. The molecular formula is C19H31NO. The average molecular weight is 289 g/mol. The van der Waals surface area contributed by atoms with Gasteiger partial charge in [-0.1, -0.05) is 59.2 Å². The summed E-state index contributed by atoms with van der Waals surface area (Å²) >= 11 is 0. The molecule has 0 heterocycles. The Labute approximate surface area is 130 Å². The Kier molecular flexibility index (Phi) is 7.49. The van der Waals surface area contributed by atoms with Gasteiger partial charge in [-0.3, -0.25) is 4.79 Å². The number of hydrogen-bond donors (Lipinski definition) is 1. The molecular weight excluding hydrogens is 258 g/mol. The lowest BCUT2D eigenvalue weighted by atomic mass is 9.82. The number of benzene rings is 1. The van der Waals surface area contributed by atoms with E-state index in [1.54, 1.807) is 0 Å². The highest BCUT2D eigenvalue weighted by Gasteiger charge is 2.33. The Morgan fingerprint density at radius 3 is 2.33 bits per heavy atom. The predicted octanol–water partition coefficient (Wildman–Crippen LogP) is 5.36. The first-order valence-corrected chi connectivity index (χ1v) is 8.43. The van der Waals surface area contributed by atoms with Gasteiger partial charge in [0.15, 0.2) is 0 Å². The second-order valence-corrected chi connectivity index (χ2v) is 6.17. The first-order chi connectivity index (χ1) is 10.1. The molecule has 0 aromatic heterocycles. The van der Waals surface area contributed by atoms with E-state index in [1.807, 2.05) is 44.2 Å². The molecule has 0 bridgehead atoms. The molecule has 2 heteroatoms. The third-order valence-corrected chi connectivity index (χ3v) is 4.82. The zero-order valence-corrected chi connectivity index (χ0v) is 14.2. The zero-order valence-electron chi connectivity index (χ0n) is 14.2. The van der Waals surface area contributed by atoms with Gasteiger partial charge in [0.1, 0.15) is 0 Å². The summed E-state index contributed by atoms with van der Waals surface area (Å²) in [6.45, 7) is 10.9. The highest BCUT2D eigenvalue weighted by atomic mass is 16.1. The van der Waals surface area contributed by atoms with Gasteiger partial charge < -0.3 is 5.32 Å². The summed E-state index contributed by atoms with van der Waals surface area (Å²) in [5, 5.41) is 2.98. The molecule has 0 spiro atoms. The zero-order chi connectivity index (χ0) is 15.8. The molecule has 2 nitrogen and oxygen atoms in total. The van der Waals surface area contributed by atoms with Crippen LogP contribution in [0, 0.1) is 23.7 Å². The summed E-state index contributed by atoms with van der Waals surface area (Å²) in [7, 11) is 0. The molecule has 2 rings (SSSR count). The molecule has 0 aliphatic heterocycles. The lowest BCUT2D eigenvalue weighted by Gasteiger charge is -2.24. The van der Waals surface area contributed by atoms with Crippen LogP contribution in [0.15, 0.2) is 30.3 Å². The van der Waals surface area contributed by atoms with E-state index in [9.17, 15) is 4.79 Å². The van der Waals surface area contributed by atoms with E-state index in [0.29, 0.717) is 18.3 Å². The summed E-state index contributed by atoms with van der Waals surface area (Å²) in [5.74, 6) is 2.88. The Morgan fingerprint density at radius 2 is 1.81 bits per heavy atom. The number of amides is 1. The number of nitrogens with one attached hydrogen (secondary N) is 1. The van der Waals surface area contributed by atoms with Crippen molar-refractivity contribution in [3.63, 3.8) is 0 Å². The average Bonchev–Trinajstić information content (AvgIpc) is 2.82. The maximum absolute atomic E-state index is 12.1. The maximum atomic E-state index is 12.1. The number of hydrogen-bond acceptors (Lipinski definition) is 1. The fraction of sp³-hybridized carbons (Fsp3) is 0.632. The van der Waals surface area contributed by atoms with E-state index in [2.05, 4.69) is 26.1 Å². The monoisotopic (exact) mass is 289 g/mol. The molecule has 1 saturated carbocycles. The molecule has 1 amide bonds. The van der Waals surface area contributed by atoms with Crippen LogP contribution in [0.2, 0.25) is 0 Å². The van der Waals surface area contributed by atoms with Crippen molar-refractivity contribution in [1.82, 2.24) is 0 Å². The highest BCUT2D eigenvalue weighted by Crippen LogP contribution is 2.41. The molecule has 1 N–H and O–H groups in total. The summed E-state index contributed by atoms with van der Waals surface area (Å²) in [5.41, 5.74) is 0.896. The molecule has 0 unspecified atom stereocenters. The minimum absolute atomic E-state index is 0.144. The number of carbonyl (C=O) groups excluding carboxylic acids is 1. The van der Waals surface area contributed by atoms with Gasteiger partial charge in [0.05, 0.1) is 0 Å². The highest BCUT2D eigenvalue weighted by molar-refractivity contribution is 5.90. The van der Waals surface area contributed by atoms with Crippen molar-refractivity contribution < 1.29 is 4.79 Å². The van der Waals surface area contributed by atoms with E-state index >= 15 is 0 Å². The molecule has 118 valence electrons. The van der Waals surface area contributed by atoms with Crippen LogP contribution in [0.5, 0.6) is 0 Å². The van der Waals surface area contributed by atoms with Crippen molar-refractivity contribution in [2.45, 2.75) is 53.9 Å². The summed E-state index contributed by atoms with van der Waals surface area (Å²) in [4.78, 5) is 12.1. The Bertz CT molecular complexity index is 415. The van der Waals surface area contributed by atoms with Crippen LogP contribution in [-0.4, -0.2) is 5.91 Å². The van der Waals surface area contributed by atoms with Gasteiger partial charge in [-0.15, -0.1) is 0 Å². The molecule has 1 aromatic rings. The van der Waals surface area contributed by atoms with Crippen LogP contribution in [-0.2, 0) is 4.79 Å². The lowest BCUT2D eigenvalue weighted by molar-refractivity contribution is -0.117. The third-order valence-electron chi connectivity index (χ3n) is 4.82. The second kappa shape index (κ2) is 8.86. The maximum Gasteiger partial charge on any atom is 0.224 e. The van der Waals surface area contributed by atoms with E-state index in [1.165, 1.54) is 12.8 Å². The minimum Gasteiger partial charge on any atom is -0.326 e. The smallest absolute Gasteiger partial charge is 0.224 e. The fourth-order valence-electron chi connectivity index (χ4n) is 3.38. The molecule has 0 saturated heterocycles. The summed E-state index contributed by atoms with van der Waals surface area (Å²) in [6, 6.07) is 9.71. The van der Waals surface area contributed by atoms with E-state index in [-0.39, 0.29) is 5.91 Å². The Morgan fingerprint density at radius 1 is 1.19 bits per heavy atom. The van der Waals surface area contributed by atoms with Gasteiger partial charge in [-0.2, -0.15) is 0 Å². The van der Waals surface area contributed by atoms with Crippen molar-refractivity contribution in [3.05, 3.63) is 30.3 Å². The standard InChI is InChI=1S/C17H25NO.C2H6/c1-12-9-10-16(14(12)3)13(2)11-17(19)18-15-7-5-4-6-8-15;1-2/h4-8,12-14,16H,9-11H2,1-3H3,(H,18,19);1-2H3/t12-,13+,14-,16-;/m1./s1. The van der Waals surface area contributed by atoms with Crippen LogP contribution in [0.25, 0.3) is 0 Å². The van der Waals surface area contributed by atoms with Crippen LogP contribution in [0.3, 0.4) is 0 Å². The molecule has 1 aliphatic carbocycles. The number of carbonyl (C=O) groups is 1. The van der Waals surface area contributed by atoms with Crippen molar-refractivity contribution in [3.8, 4) is 0 Å². The number of para-hydroxylation sites is 1. The topological polar surface area (TPSA) is 29.1 Å². The van der Waals surface area contributed by atoms with Gasteiger partial charge in [0.2, 0.25) is 5.91 Å². The predicted molar refractivity (Wildman–Crippen MR) is 91.3 cm³/mol. The van der Waals surface area contributed by atoms with Crippen LogP contribution in [0.4, 0.5) is 5.69 Å².